The van der Waals surface area contributed by atoms with E-state index in [1.54, 1.807) is 55.6 Å². The first-order chi connectivity index (χ1) is 14.5. The molecule has 0 radical (unpaired) electrons. The van der Waals surface area contributed by atoms with Crippen molar-refractivity contribution in [2.75, 3.05) is 37.4 Å². The van der Waals surface area contributed by atoms with Gasteiger partial charge in [0.2, 0.25) is 5.91 Å². The molecule has 2 aromatic carbocycles. The van der Waals surface area contributed by atoms with Gasteiger partial charge in [-0.05, 0) is 55.3 Å². The van der Waals surface area contributed by atoms with Crippen molar-refractivity contribution in [1.29, 1.82) is 0 Å². The molecule has 0 aliphatic carbocycles. The highest BCUT2D eigenvalue weighted by molar-refractivity contribution is 5.97. The number of ether oxygens (including phenoxy) is 1. The van der Waals surface area contributed by atoms with E-state index in [-0.39, 0.29) is 30.4 Å². The van der Waals surface area contributed by atoms with Crippen LogP contribution in [0.3, 0.4) is 0 Å². The van der Waals surface area contributed by atoms with Crippen molar-refractivity contribution >= 4 is 29.1 Å². The zero-order valence-electron chi connectivity index (χ0n) is 16.9. The summed E-state index contributed by atoms with van der Waals surface area (Å²) >= 11 is 0. The molecule has 3 amide bonds. The van der Waals surface area contributed by atoms with E-state index in [1.807, 2.05) is 0 Å². The Kier molecular flexibility index (Phi) is 7.40. The van der Waals surface area contributed by atoms with Crippen molar-refractivity contribution in [1.82, 2.24) is 10.6 Å². The topological polar surface area (TPSA) is 109 Å². The molecule has 0 spiro atoms. The molecule has 1 atom stereocenters. The number of anilines is 2. The highest BCUT2D eigenvalue weighted by atomic mass is 16.5. The van der Waals surface area contributed by atoms with Crippen molar-refractivity contribution in [2.24, 2.45) is 0 Å². The van der Waals surface area contributed by atoms with Crippen molar-refractivity contribution in [2.45, 2.75) is 18.9 Å². The quantitative estimate of drug-likeness (QED) is 0.532. The maximum atomic E-state index is 12.3. The van der Waals surface area contributed by atoms with Crippen LogP contribution in [0.4, 0.5) is 11.4 Å². The van der Waals surface area contributed by atoms with E-state index in [0.29, 0.717) is 29.0 Å². The first-order valence-electron chi connectivity index (χ1n) is 9.91. The van der Waals surface area contributed by atoms with Gasteiger partial charge < -0.3 is 26.0 Å². The Morgan fingerprint density at radius 2 is 1.80 bits per heavy atom. The van der Waals surface area contributed by atoms with Crippen LogP contribution in [0.15, 0.2) is 48.5 Å². The fourth-order valence-electron chi connectivity index (χ4n) is 3.12. The van der Waals surface area contributed by atoms with Crippen LogP contribution in [-0.4, -0.2) is 50.6 Å². The summed E-state index contributed by atoms with van der Waals surface area (Å²) in [4.78, 5) is 36.1. The molecule has 2 aromatic rings. The maximum absolute atomic E-state index is 12.3. The molecule has 1 unspecified atom stereocenters. The second-order valence-corrected chi connectivity index (χ2v) is 6.98. The largest absolute Gasteiger partial charge is 0.376 e. The summed E-state index contributed by atoms with van der Waals surface area (Å²) in [6.07, 6.45) is 2.08. The number of nitrogens with one attached hydrogen (secondary N) is 4. The highest BCUT2D eigenvalue weighted by Crippen LogP contribution is 2.13. The van der Waals surface area contributed by atoms with Crippen LogP contribution in [0.25, 0.3) is 0 Å². The van der Waals surface area contributed by atoms with E-state index in [0.717, 1.165) is 19.4 Å². The lowest BCUT2D eigenvalue weighted by Gasteiger charge is -2.12. The van der Waals surface area contributed by atoms with Gasteiger partial charge in [-0.2, -0.15) is 0 Å². The summed E-state index contributed by atoms with van der Waals surface area (Å²) in [7, 11) is 1.56. The number of amides is 3. The summed E-state index contributed by atoms with van der Waals surface area (Å²) in [5.74, 6) is -0.597. The number of carbonyl (C=O) groups is 3. The Labute approximate surface area is 175 Å². The minimum atomic E-state index is -0.240. The van der Waals surface area contributed by atoms with Crippen LogP contribution >= 0.6 is 0 Å². The monoisotopic (exact) mass is 410 g/mol. The van der Waals surface area contributed by atoms with Crippen LogP contribution < -0.4 is 21.3 Å². The average Bonchev–Trinajstić information content (AvgIpc) is 3.30. The molecule has 0 saturated carbocycles. The van der Waals surface area contributed by atoms with Gasteiger partial charge in [0.25, 0.3) is 11.8 Å². The minimum absolute atomic E-state index is 0.0399. The highest BCUT2D eigenvalue weighted by Gasteiger charge is 2.16. The van der Waals surface area contributed by atoms with Crippen molar-refractivity contribution < 1.29 is 19.1 Å². The standard InChI is InChI=1S/C22H26N4O4/c1-23-21(28)15-7-9-17(10-8-15)26-20(27)14-24-18-5-2-4-16(12-18)22(29)25-13-19-6-3-11-30-19/h2,4-5,7-10,12,19,24H,3,6,11,13-14H2,1H3,(H,23,28)(H,25,29)(H,26,27). The van der Waals surface area contributed by atoms with Gasteiger partial charge in [0.05, 0.1) is 12.6 Å². The van der Waals surface area contributed by atoms with E-state index in [9.17, 15) is 14.4 Å². The first-order valence-corrected chi connectivity index (χ1v) is 9.91. The molecular weight excluding hydrogens is 384 g/mol. The second-order valence-electron chi connectivity index (χ2n) is 6.98. The van der Waals surface area contributed by atoms with Crippen molar-refractivity contribution in [3.8, 4) is 0 Å². The average molecular weight is 410 g/mol. The molecule has 1 fully saturated rings. The molecule has 3 rings (SSSR count). The Morgan fingerprint density at radius 1 is 1.00 bits per heavy atom. The Bertz CT molecular complexity index is 892. The molecule has 4 N–H and O–H groups in total. The minimum Gasteiger partial charge on any atom is -0.376 e. The molecule has 1 heterocycles. The molecule has 0 bridgehead atoms. The molecule has 1 aliphatic rings. The fourth-order valence-corrected chi connectivity index (χ4v) is 3.12. The van der Waals surface area contributed by atoms with Crippen molar-refractivity contribution in [3.63, 3.8) is 0 Å². The number of hydrogen-bond acceptors (Lipinski definition) is 5. The summed E-state index contributed by atoms with van der Waals surface area (Å²) < 4.78 is 5.51. The van der Waals surface area contributed by atoms with Crippen LogP contribution in [0, 0.1) is 0 Å². The van der Waals surface area contributed by atoms with Gasteiger partial charge in [0.15, 0.2) is 0 Å². The predicted molar refractivity (Wildman–Crippen MR) is 115 cm³/mol. The summed E-state index contributed by atoms with van der Waals surface area (Å²) in [5, 5.41) is 11.2. The van der Waals surface area contributed by atoms with Gasteiger partial charge in [0, 0.05) is 42.7 Å². The van der Waals surface area contributed by atoms with Crippen LogP contribution in [-0.2, 0) is 9.53 Å². The zero-order valence-corrected chi connectivity index (χ0v) is 16.9. The third-order valence-corrected chi connectivity index (χ3v) is 4.75. The number of benzene rings is 2. The molecule has 1 aliphatic heterocycles. The van der Waals surface area contributed by atoms with Gasteiger partial charge in [-0.15, -0.1) is 0 Å². The number of carbonyl (C=O) groups excluding carboxylic acids is 3. The second kappa shape index (κ2) is 10.4. The lowest BCUT2D eigenvalue weighted by molar-refractivity contribution is -0.114. The SMILES string of the molecule is CNC(=O)c1ccc(NC(=O)CNc2cccc(C(=O)NCC3CCCO3)c2)cc1. The van der Waals surface area contributed by atoms with Gasteiger partial charge in [-0.3, -0.25) is 14.4 Å². The number of rotatable bonds is 8. The third-order valence-electron chi connectivity index (χ3n) is 4.75. The summed E-state index contributed by atoms with van der Waals surface area (Å²) in [6.45, 7) is 1.29. The van der Waals surface area contributed by atoms with E-state index in [2.05, 4.69) is 21.3 Å². The Hall–Kier alpha value is -3.39. The molecule has 1 saturated heterocycles. The maximum Gasteiger partial charge on any atom is 0.251 e. The normalized spacial score (nSPS) is 15.3. The Morgan fingerprint density at radius 3 is 2.50 bits per heavy atom. The molecule has 158 valence electrons. The van der Waals surface area contributed by atoms with E-state index < -0.39 is 0 Å². The van der Waals surface area contributed by atoms with Gasteiger partial charge in [-0.1, -0.05) is 6.07 Å². The van der Waals surface area contributed by atoms with Crippen LogP contribution in [0.2, 0.25) is 0 Å². The fraction of sp³-hybridized carbons (Fsp3) is 0.318. The van der Waals surface area contributed by atoms with Gasteiger partial charge in [0.1, 0.15) is 0 Å². The predicted octanol–water partition coefficient (Wildman–Crippen LogP) is 2.01. The van der Waals surface area contributed by atoms with Crippen LogP contribution in [0.1, 0.15) is 33.6 Å². The summed E-state index contributed by atoms with van der Waals surface area (Å²) in [5.41, 5.74) is 2.30. The van der Waals surface area contributed by atoms with E-state index >= 15 is 0 Å². The number of hydrogen-bond donors (Lipinski definition) is 4. The molecule has 8 nitrogen and oxygen atoms in total. The van der Waals surface area contributed by atoms with Gasteiger partial charge >= 0.3 is 0 Å². The zero-order chi connectivity index (χ0) is 21.3. The first kappa shape index (κ1) is 21.3. The molecular formula is C22H26N4O4. The van der Waals surface area contributed by atoms with Gasteiger partial charge in [-0.25, -0.2) is 0 Å². The summed E-state index contributed by atoms with van der Waals surface area (Å²) in [6, 6.07) is 13.6. The Balaban J connectivity index is 1.47. The lowest BCUT2D eigenvalue weighted by atomic mass is 10.1. The van der Waals surface area contributed by atoms with Crippen LogP contribution in [0.5, 0.6) is 0 Å². The lowest BCUT2D eigenvalue weighted by Crippen LogP contribution is -2.31. The van der Waals surface area contributed by atoms with E-state index in [4.69, 9.17) is 4.74 Å². The molecule has 30 heavy (non-hydrogen) atoms. The van der Waals surface area contributed by atoms with Crippen molar-refractivity contribution in [3.05, 3.63) is 59.7 Å². The third kappa shape index (κ3) is 6.05. The smallest absolute Gasteiger partial charge is 0.251 e. The molecule has 8 heteroatoms. The molecule has 0 aromatic heterocycles. The van der Waals surface area contributed by atoms with E-state index in [1.165, 1.54) is 0 Å².